The average Bonchev–Trinajstić information content (AvgIpc) is 2.64. The minimum absolute atomic E-state index is 0.130. The van der Waals surface area contributed by atoms with Crippen LogP contribution in [-0.2, 0) is 0 Å². The van der Waals surface area contributed by atoms with Gasteiger partial charge in [0.2, 0.25) is 0 Å². The number of hydrogen-bond acceptors (Lipinski definition) is 5. The molecule has 5 nitrogen and oxygen atoms in total. The highest BCUT2D eigenvalue weighted by molar-refractivity contribution is 7.18. The van der Waals surface area contributed by atoms with Crippen LogP contribution in [0.2, 0.25) is 0 Å². The molecule has 0 aromatic carbocycles. The highest BCUT2D eigenvalue weighted by Crippen LogP contribution is 2.67. The smallest absolute Gasteiger partial charge is 0.265 e. The molecule has 2 rings (SSSR count). The van der Waals surface area contributed by atoms with Crippen molar-refractivity contribution in [2.24, 2.45) is 16.7 Å². The van der Waals surface area contributed by atoms with Crippen LogP contribution in [0.25, 0.3) is 0 Å². The number of nitrogen functional groups attached to an aromatic ring is 1. The third-order valence-corrected chi connectivity index (χ3v) is 5.95. The number of hydrogen-bond donors (Lipinski definition) is 3. The zero-order valence-electron chi connectivity index (χ0n) is 12.1. The predicted octanol–water partition coefficient (Wildman–Crippen LogP) is 2.18. The molecule has 1 heterocycles. The lowest BCUT2D eigenvalue weighted by atomic mass is 10.0. The van der Waals surface area contributed by atoms with Gasteiger partial charge in [-0.05, 0) is 16.7 Å². The summed E-state index contributed by atoms with van der Waals surface area (Å²) < 4.78 is 0. The number of nitrogens with one attached hydrogen (secondary N) is 2. The minimum atomic E-state index is -0.130. The van der Waals surface area contributed by atoms with E-state index in [4.69, 9.17) is 5.73 Å². The van der Waals surface area contributed by atoms with Crippen molar-refractivity contribution in [2.75, 3.05) is 24.6 Å². The van der Waals surface area contributed by atoms with Crippen LogP contribution >= 0.6 is 11.3 Å². The molecule has 0 aliphatic heterocycles. The number of carbonyl (C=O) groups excluding carboxylic acids is 1. The molecule has 6 heteroatoms. The summed E-state index contributed by atoms with van der Waals surface area (Å²) in [5.41, 5.74) is 6.29. The fourth-order valence-corrected chi connectivity index (χ4v) is 3.47. The van der Waals surface area contributed by atoms with Crippen LogP contribution in [0.4, 0.5) is 10.9 Å². The molecular formula is C13H22N4OS. The monoisotopic (exact) mass is 282 g/mol. The van der Waals surface area contributed by atoms with Crippen molar-refractivity contribution in [1.29, 1.82) is 0 Å². The molecule has 0 unspecified atom stereocenters. The minimum Gasteiger partial charge on any atom is -0.382 e. The Morgan fingerprint density at radius 3 is 2.37 bits per heavy atom. The number of anilines is 2. The van der Waals surface area contributed by atoms with Gasteiger partial charge in [0.25, 0.3) is 5.91 Å². The van der Waals surface area contributed by atoms with E-state index in [-0.39, 0.29) is 16.7 Å². The lowest BCUT2D eigenvalue weighted by Gasteiger charge is -2.05. The van der Waals surface area contributed by atoms with E-state index in [1.165, 1.54) is 11.3 Å². The Balaban J connectivity index is 1.98. The Morgan fingerprint density at radius 1 is 1.37 bits per heavy atom. The van der Waals surface area contributed by atoms with Crippen molar-refractivity contribution < 1.29 is 4.79 Å². The topological polar surface area (TPSA) is 80.0 Å². The van der Waals surface area contributed by atoms with Gasteiger partial charge in [0, 0.05) is 13.6 Å². The third kappa shape index (κ3) is 2.18. The second-order valence-electron chi connectivity index (χ2n) is 6.19. The molecule has 0 atom stereocenters. The Morgan fingerprint density at radius 2 is 1.95 bits per heavy atom. The Labute approximate surface area is 118 Å². The first-order chi connectivity index (χ1) is 8.71. The van der Waals surface area contributed by atoms with Crippen molar-refractivity contribution >= 4 is 28.2 Å². The number of amides is 1. The summed E-state index contributed by atoms with van der Waals surface area (Å²) in [6, 6.07) is 0. The lowest BCUT2D eigenvalue weighted by Crippen LogP contribution is -2.27. The van der Waals surface area contributed by atoms with E-state index < -0.39 is 0 Å². The summed E-state index contributed by atoms with van der Waals surface area (Å²) in [5, 5.41) is 6.53. The number of rotatable bonds is 4. The molecule has 19 heavy (non-hydrogen) atoms. The maximum absolute atomic E-state index is 12.1. The van der Waals surface area contributed by atoms with Crippen LogP contribution in [0.5, 0.6) is 0 Å². The predicted molar refractivity (Wildman–Crippen MR) is 79.5 cm³/mol. The van der Waals surface area contributed by atoms with E-state index in [0.717, 1.165) is 0 Å². The normalized spacial score (nSPS) is 20.1. The Bertz CT molecular complexity index is 493. The van der Waals surface area contributed by atoms with E-state index >= 15 is 0 Å². The van der Waals surface area contributed by atoms with Crippen LogP contribution in [-0.4, -0.2) is 24.5 Å². The van der Waals surface area contributed by atoms with E-state index in [2.05, 4.69) is 43.3 Å². The first-order valence-electron chi connectivity index (χ1n) is 6.44. The summed E-state index contributed by atoms with van der Waals surface area (Å²) in [6.07, 6.45) is 0. The largest absolute Gasteiger partial charge is 0.382 e. The molecule has 0 radical (unpaired) electrons. The van der Waals surface area contributed by atoms with Crippen LogP contribution in [0, 0.1) is 16.7 Å². The van der Waals surface area contributed by atoms with Gasteiger partial charge in [-0.3, -0.25) is 4.79 Å². The zero-order valence-corrected chi connectivity index (χ0v) is 12.9. The van der Waals surface area contributed by atoms with Gasteiger partial charge < -0.3 is 16.4 Å². The fourth-order valence-electron chi connectivity index (χ4n) is 2.72. The molecule has 1 fully saturated rings. The number of nitrogens with two attached hydrogens (primary N) is 1. The van der Waals surface area contributed by atoms with Crippen molar-refractivity contribution in [2.45, 2.75) is 27.7 Å². The lowest BCUT2D eigenvalue weighted by molar-refractivity contribution is 0.0954. The van der Waals surface area contributed by atoms with Gasteiger partial charge in [-0.2, -0.15) is 0 Å². The van der Waals surface area contributed by atoms with Crippen LogP contribution in [0.3, 0.4) is 0 Å². The van der Waals surface area contributed by atoms with E-state index in [1.54, 1.807) is 7.05 Å². The first kappa shape index (κ1) is 14.1. The maximum atomic E-state index is 12.1. The summed E-state index contributed by atoms with van der Waals surface area (Å²) >= 11 is 1.28. The summed E-state index contributed by atoms with van der Waals surface area (Å²) in [6.45, 7) is 9.65. The fraction of sp³-hybridized carbons (Fsp3) is 0.692. The van der Waals surface area contributed by atoms with E-state index in [1.807, 2.05) is 0 Å². The highest BCUT2D eigenvalue weighted by Gasteiger charge is 2.64. The van der Waals surface area contributed by atoms with Crippen molar-refractivity contribution in [3.05, 3.63) is 4.88 Å². The number of carbonyl (C=O) groups is 1. The first-order valence-corrected chi connectivity index (χ1v) is 7.25. The van der Waals surface area contributed by atoms with Crippen molar-refractivity contribution in [3.8, 4) is 0 Å². The Kier molecular flexibility index (Phi) is 3.24. The molecule has 1 amide bonds. The van der Waals surface area contributed by atoms with Crippen LogP contribution in [0.15, 0.2) is 0 Å². The molecule has 1 aliphatic carbocycles. The highest BCUT2D eigenvalue weighted by atomic mass is 32.1. The second kappa shape index (κ2) is 4.37. The quantitative estimate of drug-likeness (QED) is 0.790. The number of aromatic nitrogens is 1. The van der Waals surface area contributed by atoms with Crippen molar-refractivity contribution in [1.82, 2.24) is 10.3 Å². The molecule has 4 N–H and O–H groups in total. The summed E-state index contributed by atoms with van der Waals surface area (Å²) in [7, 11) is 1.76. The van der Waals surface area contributed by atoms with E-state index in [9.17, 15) is 4.79 Å². The standard InChI is InChI=1S/C13H22N4OS/c1-12(2)7(13(12,3)4)6-16-10(18)8-9(14)17-11(15-5)19-8/h7H,6,14H2,1-5H3,(H,15,17)(H,16,18). The molecule has 0 bridgehead atoms. The number of nitrogens with zero attached hydrogens (tertiary/aromatic N) is 1. The van der Waals surface area contributed by atoms with Crippen LogP contribution in [0.1, 0.15) is 37.4 Å². The van der Waals surface area contributed by atoms with Gasteiger partial charge in [-0.1, -0.05) is 39.0 Å². The molecule has 0 spiro atoms. The molecule has 1 aromatic rings. The van der Waals surface area contributed by atoms with Gasteiger partial charge in [-0.25, -0.2) is 4.98 Å². The third-order valence-electron chi connectivity index (χ3n) is 4.86. The van der Waals surface area contributed by atoms with Crippen LogP contribution < -0.4 is 16.4 Å². The molecule has 1 aromatic heterocycles. The second-order valence-corrected chi connectivity index (χ2v) is 7.19. The van der Waals surface area contributed by atoms with Gasteiger partial charge in [-0.15, -0.1) is 0 Å². The van der Waals surface area contributed by atoms with Gasteiger partial charge >= 0.3 is 0 Å². The van der Waals surface area contributed by atoms with Gasteiger partial charge in [0.15, 0.2) is 5.13 Å². The van der Waals surface area contributed by atoms with Crippen molar-refractivity contribution in [3.63, 3.8) is 0 Å². The molecule has 1 saturated carbocycles. The average molecular weight is 282 g/mol. The molecule has 0 saturated heterocycles. The number of thiazole rings is 1. The van der Waals surface area contributed by atoms with E-state index in [0.29, 0.717) is 28.3 Å². The Hall–Kier alpha value is -1.30. The maximum Gasteiger partial charge on any atom is 0.265 e. The molecule has 106 valence electrons. The van der Waals surface area contributed by atoms with Gasteiger partial charge in [0.05, 0.1) is 0 Å². The summed E-state index contributed by atoms with van der Waals surface area (Å²) in [5.74, 6) is 0.665. The molecule has 1 aliphatic rings. The summed E-state index contributed by atoms with van der Waals surface area (Å²) in [4.78, 5) is 16.7. The zero-order chi connectivity index (χ0) is 14.4. The molecular weight excluding hydrogens is 260 g/mol. The van der Waals surface area contributed by atoms with Gasteiger partial charge in [0.1, 0.15) is 10.7 Å². The SMILES string of the molecule is CNc1nc(N)c(C(=O)NCC2C(C)(C)C2(C)C)s1.